The third-order valence-electron chi connectivity index (χ3n) is 3.71. The monoisotopic (exact) mass is 279 g/mol. The number of carboxylic acids is 1. The highest BCUT2D eigenvalue weighted by Crippen LogP contribution is 2.33. The van der Waals surface area contributed by atoms with E-state index in [2.05, 4.69) is 4.90 Å². The van der Waals surface area contributed by atoms with Crippen LogP contribution in [0, 0.1) is 0 Å². The van der Waals surface area contributed by atoms with E-state index >= 15 is 0 Å². The van der Waals surface area contributed by atoms with Crippen LogP contribution in [-0.2, 0) is 4.79 Å². The summed E-state index contributed by atoms with van der Waals surface area (Å²) in [6, 6.07) is 5.73. The van der Waals surface area contributed by atoms with Crippen LogP contribution in [0.15, 0.2) is 18.2 Å². The molecular formula is C15H21NO4. The van der Waals surface area contributed by atoms with Crippen molar-refractivity contribution >= 4 is 11.7 Å². The molecule has 0 radical (unpaired) electrons. The number of hydrogen-bond donors (Lipinski definition) is 1. The van der Waals surface area contributed by atoms with E-state index in [-0.39, 0.29) is 12.5 Å². The van der Waals surface area contributed by atoms with E-state index in [1.165, 1.54) is 0 Å². The second kappa shape index (κ2) is 6.50. The molecule has 1 atom stereocenters. The number of carbonyl (C=O) groups is 1. The van der Waals surface area contributed by atoms with E-state index in [0.29, 0.717) is 0 Å². The Morgan fingerprint density at radius 3 is 2.45 bits per heavy atom. The quantitative estimate of drug-likeness (QED) is 0.897. The van der Waals surface area contributed by atoms with Crippen LogP contribution in [0.1, 0.15) is 25.7 Å². The van der Waals surface area contributed by atoms with Crippen LogP contribution in [0.4, 0.5) is 5.69 Å². The minimum absolute atomic E-state index is 0.0399. The van der Waals surface area contributed by atoms with Gasteiger partial charge in [0.05, 0.1) is 20.6 Å². The standard InChI is InChI=1S/C15H21NO4/c1-19-13-7-12(8-14(10-13)20-2)16-6-4-3-5-11(16)9-15(17)18/h7-8,10-11H,3-6,9H2,1-2H3,(H,17,18). The average Bonchev–Trinajstić information content (AvgIpc) is 2.46. The molecule has 1 unspecified atom stereocenters. The molecule has 1 fully saturated rings. The summed E-state index contributed by atoms with van der Waals surface area (Å²) in [6.07, 6.45) is 3.23. The SMILES string of the molecule is COc1cc(OC)cc(N2CCCCC2CC(=O)O)c1. The van der Waals surface area contributed by atoms with Crippen molar-refractivity contribution in [3.63, 3.8) is 0 Å². The Bertz CT molecular complexity index is 453. The number of carboxylic acid groups (broad SMARTS) is 1. The molecule has 1 aromatic carbocycles. The Kier molecular flexibility index (Phi) is 4.71. The maximum absolute atomic E-state index is 11.0. The lowest BCUT2D eigenvalue weighted by Crippen LogP contribution is -2.40. The average molecular weight is 279 g/mol. The van der Waals surface area contributed by atoms with E-state index in [4.69, 9.17) is 14.6 Å². The van der Waals surface area contributed by atoms with Gasteiger partial charge >= 0.3 is 5.97 Å². The molecule has 0 aromatic heterocycles. The van der Waals surface area contributed by atoms with Gasteiger partial charge in [0, 0.05) is 36.5 Å². The van der Waals surface area contributed by atoms with Crippen LogP contribution in [-0.4, -0.2) is 37.9 Å². The van der Waals surface area contributed by atoms with Gasteiger partial charge in [-0.15, -0.1) is 0 Å². The smallest absolute Gasteiger partial charge is 0.305 e. The van der Waals surface area contributed by atoms with Gasteiger partial charge in [0.1, 0.15) is 11.5 Å². The Labute approximate surface area is 119 Å². The molecule has 1 aliphatic rings. The number of ether oxygens (including phenoxy) is 2. The summed E-state index contributed by atoms with van der Waals surface area (Å²) < 4.78 is 10.6. The molecule has 0 spiro atoms. The lowest BCUT2D eigenvalue weighted by Gasteiger charge is -2.37. The lowest BCUT2D eigenvalue weighted by atomic mass is 9.98. The van der Waals surface area contributed by atoms with Crippen molar-refractivity contribution in [2.24, 2.45) is 0 Å². The van der Waals surface area contributed by atoms with Gasteiger partial charge in [-0.05, 0) is 19.3 Å². The summed E-state index contributed by atoms with van der Waals surface area (Å²) in [7, 11) is 3.23. The van der Waals surface area contributed by atoms with Crippen molar-refractivity contribution < 1.29 is 19.4 Å². The first-order chi connectivity index (χ1) is 9.63. The van der Waals surface area contributed by atoms with Crippen LogP contribution >= 0.6 is 0 Å². The van der Waals surface area contributed by atoms with E-state index in [9.17, 15) is 4.79 Å². The third kappa shape index (κ3) is 3.35. The van der Waals surface area contributed by atoms with Gasteiger partial charge in [0.15, 0.2) is 0 Å². The van der Waals surface area contributed by atoms with Gasteiger partial charge in [0.25, 0.3) is 0 Å². The van der Waals surface area contributed by atoms with E-state index in [0.717, 1.165) is 43.0 Å². The van der Waals surface area contributed by atoms with Crippen molar-refractivity contribution in [1.29, 1.82) is 0 Å². The van der Waals surface area contributed by atoms with Crippen molar-refractivity contribution in [2.75, 3.05) is 25.7 Å². The Hall–Kier alpha value is -1.91. The molecule has 0 bridgehead atoms. The number of aliphatic carboxylic acids is 1. The predicted octanol–water partition coefficient (Wildman–Crippen LogP) is 2.54. The van der Waals surface area contributed by atoms with Crippen LogP contribution in [0.2, 0.25) is 0 Å². The molecule has 5 nitrogen and oxygen atoms in total. The maximum Gasteiger partial charge on any atom is 0.305 e. The van der Waals surface area contributed by atoms with Gasteiger partial charge in [0.2, 0.25) is 0 Å². The molecule has 0 aliphatic carbocycles. The molecule has 2 rings (SSSR count). The largest absolute Gasteiger partial charge is 0.497 e. The fourth-order valence-electron chi connectivity index (χ4n) is 2.71. The van der Waals surface area contributed by atoms with Gasteiger partial charge in [-0.1, -0.05) is 0 Å². The van der Waals surface area contributed by atoms with Crippen LogP contribution in [0.25, 0.3) is 0 Å². The first-order valence-electron chi connectivity index (χ1n) is 6.85. The highest BCUT2D eigenvalue weighted by molar-refractivity contribution is 5.69. The third-order valence-corrected chi connectivity index (χ3v) is 3.71. The minimum atomic E-state index is -0.753. The predicted molar refractivity (Wildman–Crippen MR) is 76.8 cm³/mol. The second-order valence-corrected chi connectivity index (χ2v) is 5.01. The zero-order valence-corrected chi connectivity index (χ0v) is 12.0. The molecule has 1 aromatic rings. The minimum Gasteiger partial charge on any atom is -0.497 e. The topological polar surface area (TPSA) is 59.0 Å². The van der Waals surface area contributed by atoms with Gasteiger partial charge in [-0.25, -0.2) is 0 Å². The number of anilines is 1. The first kappa shape index (κ1) is 14.5. The van der Waals surface area contributed by atoms with Crippen LogP contribution in [0.5, 0.6) is 11.5 Å². The zero-order valence-electron chi connectivity index (χ0n) is 12.0. The first-order valence-corrected chi connectivity index (χ1v) is 6.85. The number of nitrogens with zero attached hydrogens (tertiary/aromatic N) is 1. The molecule has 1 aliphatic heterocycles. The van der Waals surface area contributed by atoms with E-state index in [1.807, 2.05) is 18.2 Å². The van der Waals surface area contributed by atoms with Gasteiger partial charge in [-0.2, -0.15) is 0 Å². The molecule has 20 heavy (non-hydrogen) atoms. The second-order valence-electron chi connectivity index (χ2n) is 5.01. The maximum atomic E-state index is 11.0. The normalized spacial score (nSPS) is 18.7. The molecular weight excluding hydrogens is 258 g/mol. The van der Waals surface area contributed by atoms with Gasteiger partial charge in [-0.3, -0.25) is 4.79 Å². The van der Waals surface area contributed by atoms with Crippen molar-refractivity contribution in [2.45, 2.75) is 31.7 Å². The molecule has 1 N–H and O–H groups in total. The van der Waals surface area contributed by atoms with Crippen molar-refractivity contribution in [3.05, 3.63) is 18.2 Å². The van der Waals surface area contributed by atoms with Crippen molar-refractivity contribution in [3.8, 4) is 11.5 Å². The highest BCUT2D eigenvalue weighted by Gasteiger charge is 2.25. The van der Waals surface area contributed by atoms with E-state index in [1.54, 1.807) is 14.2 Å². The van der Waals surface area contributed by atoms with Crippen molar-refractivity contribution in [1.82, 2.24) is 0 Å². The molecule has 0 saturated carbocycles. The molecule has 0 amide bonds. The summed E-state index contributed by atoms with van der Waals surface area (Å²) in [6.45, 7) is 0.869. The number of methoxy groups -OCH3 is 2. The summed E-state index contributed by atoms with van der Waals surface area (Å²) >= 11 is 0. The molecule has 110 valence electrons. The summed E-state index contributed by atoms with van der Waals surface area (Å²) in [5.74, 6) is 0.690. The number of hydrogen-bond acceptors (Lipinski definition) is 4. The van der Waals surface area contributed by atoms with Gasteiger partial charge < -0.3 is 19.5 Å². The fraction of sp³-hybridized carbons (Fsp3) is 0.533. The number of piperidine rings is 1. The number of rotatable bonds is 5. The fourth-order valence-corrected chi connectivity index (χ4v) is 2.71. The summed E-state index contributed by atoms with van der Waals surface area (Å²) in [5.41, 5.74) is 0.965. The van der Waals surface area contributed by atoms with E-state index < -0.39 is 5.97 Å². The summed E-state index contributed by atoms with van der Waals surface area (Å²) in [4.78, 5) is 13.2. The molecule has 5 heteroatoms. The summed E-state index contributed by atoms with van der Waals surface area (Å²) in [5, 5.41) is 9.06. The molecule has 1 heterocycles. The highest BCUT2D eigenvalue weighted by atomic mass is 16.5. The molecule has 1 saturated heterocycles. The van der Waals surface area contributed by atoms with Crippen LogP contribution in [0.3, 0.4) is 0 Å². The zero-order chi connectivity index (χ0) is 14.5. The Morgan fingerprint density at radius 1 is 1.25 bits per heavy atom. The lowest BCUT2D eigenvalue weighted by molar-refractivity contribution is -0.137. The Morgan fingerprint density at radius 2 is 1.90 bits per heavy atom. The number of benzene rings is 1. The Balaban J connectivity index is 2.28. The van der Waals surface area contributed by atoms with Crippen LogP contribution < -0.4 is 14.4 Å².